The number of aryl methyl sites for hydroxylation is 3. The zero-order valence-corrected chi connectivity index (χ0v) is 34.3. The van der Waals surface area contributed by atoms with Crippen molar-refractivity contribution in [2.45, 2.75) is 46.5 Å². The summed E-state index contributed by atoms with van der Waals surface area (Å²) in [4.78, 5) is 0. The van der Waals surface area contributed by atoms with Gasteiger partial charge in [0.25, 0.3) is 0 Å². The third kappa shape index (κ3) is 10.6. The molecule has 2 nitrogen and oxygen atoms in total. The van der Waals surface area contributed by atoms with Gasteiger partial charge in [0.1, 0.15) is 17.5 Å². The van der Waals surface area contributed by atoms with Crippen LogP contribution in [0.2, 0.25) is 0 Å². The Morgan fingerprint density at radius 3 is 1.30 bits per heavy atom. The molecule has 0 amide bonds. The lowest BCUT2D eigenvalue weighted by Gasteiger charge is -2.10. The number of hydrogen-bond acceptors (Lipinski definition) is 2. The van der Waals surface area contributed by atoms with E-state index in [0.717, 1.165) is 66.6 Å². The van der Waals surface area contributed by atoms with Crippen molar-refractivity contribution in [3.05, 3.63) is 196 Å². The maximum Gasteiger partial charge on any atom is 0.494 e. The van der Waals surface area contributed by atoms with Gasteiger partial charge in [-0.15, -0.1) is 0 Å². The van der Waals surface area contributed by atoms with E-state index in [2.05, 4.69) is 13.8 Å². The number of benzene rings is 8. The van der Waals surface area contributed by atoms with Crippen molar-refractivity contribution < 1.29 is 49.6 Å². The second kappa shape index (κ2) is 20.2. The lowest BCUT2D eigenvalue weighted by atomic mass is 9.78. The fourth-order valence-electron chi connectivity index (χ4n) is 7.13. The molecule has 0 aliphatic rings. The first-order chi connectivity index (χ1) is 30.1. The largest absolute Gasteiger partial charge is 0.494 e. The van der Waals surface area contributed by atoms with Gasteiger partial charge in [-0.1, -0.05) is 123 Å². The molecular formula is C51H40BF9O2. The third-order valence-electron chi connectivity index (χ3n) is 10.4. The molecule has 0 bridgehead atoms. The van der Waals surface area contributed by atoms with E-state index < -0.39 is 64.9 Å². The molecule has 0 radical (unpaired) electrons. The van der Waals surface area contributed by atoms with Crippen molar-refractivity contribution in [1.82, 2.24) is 0 Å². The van der Waals surface area contributed by atoms with Crippen molar-refractivity contribution in [3.8, 4) is 33.4 Å². The summed E-state index contributed by atoms with van der Waals surface area (Å²) in [7, 11) is -2.16. The fourth-order valence-corrected chi connectivity index (χ4v) is 7.13. The molecule has 0 unspecified atom stereocenters. The van der Waals surface area contributed by atoms with Crippen LogP contribution in [-0.4, -0.2) is 17.2 Å². The highest BCUT2D eigenvalue weighted by atomic mass is 19.2. The Bertz CT molecular complexity index is 2880. The number of rotatable bonds is 8. The molecule has 0 saturated carbocycles. The minimum absolute atomic E-state index is 0.0446. The highest BCUT2D eigenvalue weighted by Crippen LogP contribution is 2.32. The van der Waals surface area contributed by atoms with Gasteiger partial charge in [0.05, 0.1) is 5.46 Å². The van der Waals surface area contributed by atoms with E-state index in [1.807, 2.05) is 42.5 Å². The second-order valence-electron chi connectivity index (χ2n) is 14.9. The van der Waals surface area contributed by atoms with E-state index in [1.165, 1.54) is 41.5 Å². The van der Waals surface area contributed by atoms with E-state index in [0.29, 0.717) is 27.6 Å². The molecule has 63 heavy (non-hydrogen) atoms. The zero-order chi connectivity index (χ0) is 45.5. The van der Waals surface area contributed by atoms with E-state index in [9.17, 15) is 39.5 Å². The molecule has 0 fully saturated rings. The van der Waals surface area contributed by atoms with Crippen molar-refractivity contribution >= 4 is 34.1 Å². The van der Waals surface area contributed by atoms with Crippen LogP contribution < -0.4 is 5.46 Å². The maximum absolute atomic E-state index is 14.8. The highest BCUT2D eigenvalue weighted by molar-refractivity contribution is 6.58. The highest BCUT2D eigenvalue weighted by Gasteiger charge is 2.23. The summed E-state index contributed by atoms with van der Waals surface area (Å²) >= 11 is 0. The van der Waals surface area contributed by atoms with Crippen LogP contribution in [0.4, 0.5) is 39.5 Å². The lowest BCUT2D eigenvalue weighted by molar-refractivity contribution is 0.419. The van der Waals surface area contributed by atoms with E-state index >= 15 is 0 Å². The van der Waals surface area contributed by atoms with Gasteiger partial charge in [0.15, 0.2) is 34.9 Å². The summed E-state index contributed by atoms with van der Waals surface area (Å²) in [5.74, 6) is -10.1. The minimum atomic E-state index is -2.16. The first kappa shape index (κ1) is 46.1. The van der Waals surface area contributed by atoms with Gasteiger partial charge < -0.3 is 10.0 Å². The minimum Gasteiger partial charge on any atom is -0.423 e. The van der Waals surface area contributed by atoms with Crippen LogP contribution in [0.5, 0.6) is 0 Å². The molecule has 2 N–H and O–H groups in total. The lowest BCUT2D eigenvalue weighted by Crippen LogP contribution is -2.35. The first-order valence-corrected chi connectivity index (χ1v) is 20.0. The number of fused-ring (bicyclic) bond motifs is 2. The molecule has 12 heteroatoms. The van der Waals surface area contributed by atoms with Crippen LogP contribution in [0.25, 0.3) is 54.9 Å². The average Bonchev–Trinajstić information content (AvgIpc) is 3.25. The molecule has 0 aliphatic carbocycles. The van der Waals surface area contributed by atoms with Gasteiger partial charge in [-0.25, -0.2) is 39.5 Å². The van der Waals surface area contributed by atoms with Crippen LogP contribution in [0, 0.1) is 59.3 Å². The predicted molar refractivity (Wildman–Crippen MR) is 233 cm³/mol. The zero-order valence-electron chi connectivity index (χ0n) is 34.3. The Balaban J connectivity index is 0.000000169. The molecule has 0 aromatic heterocycles. The van der Waals surface area contributed by atoms with Crippen LogP contribution in [0.1, 0.15) is 43.4 Å². The Labute approximate surface area is 359 Å². The summed E-state index contributed by atoms with van der Waals surface area (Å²) in [6, 6.07) is 33.5. The summed E-state index contributed by atoms with van der Waals surface area (Å²) in [6.45, 7) is 6.00. The normalized spacial score (nSPS) is 11.0. The van der Waals surface area contributed by atoms with Crippen molar-refractivity contribution in [3.63, 3.8) is 0 Å². The van der Waals surface area contributed by atoms with Crippen molar-refractivity contribution in [2.24, 2.45) is 0 Å². The predicted octanol–water partition coefficient (Wildman–Crippen LogP) is 13.5. The fraction of sp³-hybridized carbons (Fsp3) is 0.137. The van der Waals surface area contributed by atoms with Crippen molar-refractivity contribution in [2.75, 3.05) is 0 Å². The van der Waals surface area contributed by atoms with Gasteiger partial charge in [-0.3, -0.25) is 0 Å². The standard InChI is InChI=1S/C25H18F4.C15H15BF2O2.C11H7F3/c1-2-3-15-4-6-16(7-5-15)17-8-10-20(22(26)13-17)18-9-11-21-19(12-18)14-23(27)25(29)24(21)28;1-2-3-10-4-6-11(7-5-10)12-8-13(17)15(16(19)20)14(18)9-12;1-6-2-3-8-7(4-6)5-9(12)11(14)10(8)13/h4-14H,2-3H2,1H3;4-9,19-20H,2-3H2,1H3;2-5H,1H3. The maximum atomic E-state index is 14.8. The number of hydrogen-bond donors (Lipinski definition) is 2. The smallest absolute Gasteiger partial charge is 0.423 e. The Hall–Kier alpha value is -6.37. The summed E-state index contributed by atoms with van der Waals surface area (Å²) in [5.41, 5.74) is 6.03. The number of halogens is 9. The molecule has 0 saturated heterocycles. The molecule has 0 aliphatic heterocycles. The molecular weight excluding hydrogens is 826 g/mol. The molecule has 8 rings (SSSR count). The topological polar surface area (TPSA) is 40.5 Å². The quantitative estimate of drug-likeness (QED) is 0.0907. The van der Waals surface area contributed by atoms with E-state index in [-0.39, 0.29) is 16.2 Å². The Morgan fingerprint density at radius 2 is 0.825 bits per heavy atom. The molecule has 0 spiro atoms. The Kier molecular flexibility index (Phi) is 14.8. The average molecular weight is 867 g/mol. The van der Waals surface area contributed by atoms with Crippen LogP contribution >= 0.6 is 0 Å². The van der Waals surface area contributed by atoms with Gasteiger partial charge >= 0.3 is 7.12 Å². The second-order valence-corrected chi connectivity index (χ2v) is 14.9. The molecule has 8 aromatic rings. The summed E-state index contributed by atoms with van der Waals surface area (Å²) < 4.78 is 122. The Morgan fingerprint density at radius 1 is 0.397 bits per heavy atom. The van der Waals surface area contributed by atoms with E-state index in [4.69, 9.17) is 10.0 Å². The molecule has 0 atom stereocenters. The van der Waals surface area contributed by atoms with Gasteiger partial charge in [-0.05, 0) is 106 Å². The molecule has 0 heterocycles. The van der Waals surface area contributed by atoms with Crippen LogP contribution in [-0.2, 0) is 12.8 Å². The van der Waals surface area contributed by atoms with Gasteiger partial charge in [0, 0.05) is 16.3 Å². The summed E-state index contributed by atoms with van der Waals surface area (Å²) in [6.07, 6.45) is 4.06. The van der Waals surface area contributed by atoms with Gasteiger partial charge in [-0.2, -0.15) is 0 Å². The van der Waals surface area contributed by atoms with Gasteiger partial charge in [0.2, 0.25) is 0 Å². The van der Waals surface area contributed by atoms with Crippen LogP contribution in [0.15, 0.2) is 127 Å². The SMILES string of the molecule is CCCc1ccc(-c2cc(F)c(B(O)O)c(F)c2)cc1.CCCc1ccc(-c2ccc(-c3ccc4c(F)c(F)c(F)cc4c3)c(F)c2)cc1.Cc1ccc2c(F)c(F)c(F)cc2c1. The molecule has 8 aromatic carbocycles. The van der Waals surface area contributed by atoms with Crippen LogP contribution in [0.3, 0.4) is 0 Å². The van der Waals surface area contributed by atoms with E-state index in [1.54, 1.807) is 37.3 Å². The molecule has 322 valence electrons. The monoisotopic (exact) mass is 866 g/mol. The third-order valence-corrected chi connectivity index (χ3v) is 10.4. The first-order valence-electron chi connectivity index (χ1n) is 20.0. The summed E-state index contributed by atoms with van der Waals surface area (Å²) in [5, 5.41) is 18.4. The van der Waals surface area contributed by atoms with Crippen molar-refractivity contribution in [1.29, 1.82) is 0 Å².